The number of nitriles is 1. The minimum atomic E-state index is 0.498. The lowest BCUT2D eigenvalue weighted by Gasteiger charge is -2.09. The van der Waals surface area contributed by atoms with Gasteiger partial charge in [0.2, 0.25) is 0 Å². The molecule has 0 spiro atoms. The molecule has 0 heterocycles. The van der Waals surface area contributed by atoms with E-state index in [1.807, 2.05) is 6.19 Å². The van der Waals surface area contributed by atoms with Crippen LogP contribution in [0.15, 0.2) is 17.8 Å². The molecular formula is C8H11N3. The molecule has 1 aliphatic rings. The molecule has 0 aromatic carbocycles. The van der Waals surface area contributed by atoms with Gasteiger partial charge < -0.3 is 0 Å². The van der Waals surface area contributed by atoms with E-state index in [2.05, 4.69) is 11.6 Å². The molecule has 58 valence electrons. The van der Waals surface area contributed by atoms with Crippen molar-refractivity contribution in [2.24, 2.45) is 10.9 Å². The molecule has 0 saturated heterocycles. The van der Waals surface area contributed by atoms with Gasteiger partial charge in [-0.2, -0.15) is 5.26 Å². The maximum Gasteiger partial charge on any atom is 0.184 e. The largest absolute Gasteiger partial charge is 0.270 e. The first-order valence-electron chi connectivity index (χ1n) is 3.61. The normalized spacial score (nSPS) is 17.3. The second kappa shape index (κ2) is 3.20. The highest BCUT2D eigenvalue weighted by Gasteiger charge is 2.29. The van der Waals surface area contributed by atoms with Crippen molar-refractivity contribution in [3.63, 3.8) is 0 Å². The topological polar surface area (TPSA) is 39.4 Å². The molecule has 1 fully saturated rings. The summed E-state index contributed by atoms with van der Waals surface area (Å²) < 4.78 is 0. The summed E-state index contributed by atoms with van der Waals surface area (Å²) >= 11 is 0. The third-order valence-electron chi connectivity index (χ3n) is 1.66. The van der Waals surface area contributed by atoms with E-state index in [4.69, 9.17) is 5.26 Å². The highest BCUT2D eigenvalue weighted by atomic mass is 15.2. The quantitative estimate of drug-likeness (QED) is 0.257. The van der Waals surface area contributed by atoms with Crippen molar-refractivity contribution in [2.75, 3.05) is 7.05 Å². The average molecular weight is 149 g/mol. The number of hydrogen-bond donors (Lipinski definition) is 0. The van der Waals surface area contributed by atoms with Crippen molar-refractivity contribution < 1.29 is 0 Å². The SMILES string of the molecule is C=CN=C(C1CC1)N(C)C#N. The predicted molar refractivity (Wildman–Crippen MR) is 43.7 cm³/mol. The zero-order chi connectivity index (χ0) is 8.27. The molecule has 0 unspecified atom stereocenters. The van der Waals surface area contributed by atoms with Crippen molar-refractivity contribution in [1.29, 1.82) is 5.26 Å². The van der Waals surface area contributed by atoms with E-state index in [0.29, 0.717) is 5.92 Å². The van der Waals surface area contributed by atoms with Crippen LogP contribution in [0.5, 0.6) is 0 Å². The standard InChI is InChI=1S/C8H11N3/c1-3-10-8(7-4-5-7)11(2)6-9/h3,7H,1,4-5H2,2H3. The second-order valence-electron chi connectivity index (χ2n) is 2.60. The van der Waals surface area contributed by atoms with Gasteiger partial charge in [-0.3, -0.25) is 4.90 Å². The molecule has 0 bridgehead atoms. The van der Waals surface area contributed by atoms with Crippen LogP contribution in [-0.4, -0.2) is 17.8 Å². The molecule has 1 aliphatic carbocycles. The molecular weight excluding hydrogens is 138 g/mol. The van der Waals surface area contributed by atoms with Gasteiger partial charge in [0.1, 0.15) is 5.84 Å². The fraction of sp³-hybridized carbons (Fsp3) is 0.500. The minimum Gasteiger partial charge on any atom is -0.270 e. The van der Waals surface area contributed by atoms with E-state index in [0.717, 1.165) is 18.7 Å². The lowest BCUT2D eigenvalue weighted by molar-refractivity contribution is 0.679. The Balaban J connectivity index is 2.67. The smallest absolute Gasteiger partial charge is 0.184 e. The average Bonchev–Trinajstić information content (AvgIpc) is 2.81. The van der Waals surface area contributed by atoms with Crippen molar-refractivity contribution >= 4 is 5.84 Å². The first-order valence-corrected chi connectivity index (χ1v) is 3.61. The first-order chi connectivity index (χ1) is 5.29. The third kappa shape index (κ3) is 1.81. The van der Waals surface area contributed by atoms with Crippen molar-refractivity contribution in [3.05, 3.63) is 12.8 Å². The van der Waals surface area contributed by atoms with Gasteiger partial charge in [0.25, 0.3) is 0 Å². The Morgan fingerprint density at radius 3 is 2.82 bits per heavy atom. The Morgan fingerprint density at radius 2 is 2.45 bits per heavy atom. The van der Waals surface area contributed by atoms with Gasteiger partial charge in [0.05, 0.1) is 0 Å². The molecule has 0 aliphatic heterocycles. The number of hydrogen-bond acceptors (Lipinski definition) is 2. The zero-order valence-corrected chi connectivity index (χ0v) is 6.62. The van der Waals surface area contributed by atoms with Gasteiger partial charge in [0.15, 0.2) is 6.19 Å². The van der Waals surface area contributed by atoms with Gasteiger partial charge in [-0.15, -0.1) is 0 Å². The van der Waals surface area contributed by atoms with Crippen LogP contribution < -0.4 is 0 Å². The maximum atomic E-state index is 8.57. The van der Waals surface area contributed by atoms with E-state index in [9.17, 15) is 0 Å². The Morgan fingerprint density at radius 1 is 1.82 bits per heavy atom. The maximum absolute atomic E-state index is 8.57. The molecule has 0 aromatic heterocycles. The second-order valence-corrected chi connectivity index (χ2v) is 2.60. The lowest BCUT2D eigenvalue weighted by Crippen LogP contribution is -2.22. The molecule has 1 rings (SSSR count). The molecule has 1 saturated carbocycles. The van der Waals surface area contributed by atoms with Crippen molar-refractivity contribution in [3.8, 4) is 6.19 Å². The van der Waals surface area contributed by atoms with Crippen molar-refractivity contribution in [1.82, 2.24) is 4.90 Å². The van der Waals surface area contributed by atoms with E-state index in [1.165, 1.54) is 11.1 Å². The summed E-state index contributed by atoms with van der Waals surface area (Å²) in [5.74, 6) is 1.35. The summed E-state index contributed by atoms with van der Waals surface area (Å²) in [5.41, 5.74) is 0. The molecule has 0 aromatic rings. The Bertz CT molecular complexity index is 220. The summed E-state index contributed by atoms with van der Waals surface area (Å²) in [4.78, 5) is 5.54. The van der Waals surface area contributed by atoms with E-state index in [1.54, 1.807) is 7.05 Å². The monoisotopic (exact) mass is 149 g/mol. The predicted octanol–water partition coefficient (Wildman–Crippen LogP) is 1.35. The fourth-order valence-corrected chi connectivity index (χ4v) is 0.952. The first kappa shape index (κ1) is 7.80. The van der Waals surface area contributed by atoms with Gasteiger partial charge in [-0.1, -0.05) is 6.58 Å². The van der Waals surface area contributed by atoms with Gasteiger partial charge >= 0.3 is 0 Å². The number of rotatable bonds is 2. The summed E-state index contributed by atoms with van der Waals surface area (Å²) in [6, 6.07) is 0. The van der Waals surface area contributed by atoms with Crippen LogP contribution in [0.1, 0.15) is 12.8 Å². The van der Waals surface area contributed by atoms with E-state index >= 15 is 0 Å². The Labute approximate surface area is 66.6 Å². The minimum absolute atomic E-state index is 0.498. The molecule has 0 radical (unpaired) electrons. The van der Waals surface area contributed by atoms with Gasteiger partial charge in [-0.05, 0) is 12.8 Å². The number of nitrogens with zero attached hydrogens (tertiary/aromatic N) is 3. The molecule has 0 N–H and O–H groups in total. The Kier molecular flexibility index (Phi) is 2.27. The van der Waals surface area contributed by atoms with Crippen LogP contribution in [-0.2, 0) is 0 Å². The summed E-state index contributed by atoms with van der Waals surface area (Å²) in [6.45, 7) is 3.50. The summed E-state index contributed by atoms with van der Waals surface area (Å²) in [5, 5.41) is 8.57. The number of amidine groups is 1. The zero-order valence-electron chi connectivity index (χ0n) is 6.62. The van der Waals surface area contributed by atoms with Gasteiger partial charge in [0, 0.05) is 19.2 Å². The van der Waals surface area contributed by atoms with E-state index < -0.39 is 0 Å². The Hall–Kier alpha value is -1.30. The molecule has 0 atom stereocenters. The molecule has 3 nitrogen and oxygen atoms in total. The summed E-state index contributed by atoms with van der Waals surface area (Å²) in [6.07, 6.45) is 5.82. The highest BCUT2D eigenvalue weighted by molar-refractivity contribution is 5.88. The van der Waals surface area contributed by atoms with Gasteiger partial charge in [-0.25, -0.2) is 4.99 Å². The lowest BCUT2D eigenvalue weighted by atomic mass is 10.3. The summed E-state index contributed by atoms with van der Waals surface area (Å²) in [7, 11) is 1.72. The van der Waals surface area contributed by atoms with Crippen LogP contribution in [0, 0.1) is 17.4 Å². The van der Waals surface area contributed by atoms with Crippen LogP contribution in [0.2, 0.25) is 0 Å². The molecule has 3 heteroatoms. The van der Waals surface area contributed by atoms with Crippen LogP contribution in [0.25, 0.3) is 0 Å². The molecule has 0 amide bonds. The van der Waals surface area contributed by atoms with Crippen LogP contribution in [0.4, 0.5) is 0 Å². The van der Waals surface area contributed by atoms with Crippen LogP contribution >= 0.6 is 0 Å². The number of aliphatic imine (C=N–C) groups is 1. The molecule has 11 heavy (non-hydrogen) atoms. The van der Waals surface area contributed by atoms with Crippen molar-refractivity contribution in [2.45, 2.75) is 12.8 Å². The van der Waals surface area contributed by atoms with E-state index in [-0.39, 0.29) is 0 Å². The van der Waals surface area contributed by atoms with Crippen LogP contribution in [0.3, 0.4) is 0 Å². The highest BCUT2D eigenvalue weighted by Crippen LogP contribution is 2.31. The third-order valence-corrected chi connectivity index (χ3v) is 1.66. The fourth-order valence-electron chi connectivity index (χ4n) is 0.952.